The van der Waals surface area contributed by atoms with E-state index in [2.05, 4.69) is 0 Å². The Kier molecular flexibility index (Phi) is 6.85. The lowest BCUT2D eigenvalue weighted by Crippen LogP contribution is -2.56. The van der Waals surface area contributed by atoms with Crippen LogP contribution < -0.4 is 22.9 Å². The molecule has 36 heavy (non-hydrogen) atoms. The molecule has 0 radical (unpaired) electrons. The smallest absolute Gasteiger partial charge is 0.258 e. The Bertz CT molecular complexity index is 1420. The van der Waals surface area contributed by atoms with Crippen LogP contribution in [0.25, 0.3) is 0 Å². The zero-order chi connectivity index (χ0) is 27.1. The molecule has 0 saturated heterocycles. The first-order valence-corrected chi connectivity index (χ1v) is 13.5. The molecule has 3 aromatic carbocycles. The highest BCUT2D eigenvalue weighted by atomic mass is 32.2. The molecular formula is C24H26N4O6S2. The average molecular weight is 531 g/mol. The molecule has 0 fully saturated rings. The Hall–Kier alpha value is -3.58. The molecule has 0 aliphatic rings. The quantitative estimate of drug-likeness (QED) is 0.320. The molecule has 12 heteroatoms. The fourth-order valence-electron chi connectivity index (χ4n) is 3.63. The lowest BCUT2D eigenvalue weighted by molar-refractivity contribution is -0.121. The minimum Gasteiger partial charge on any atom is -0.367 e. The van der Waals surface area contributed by atoms with Gasteiger partial charge in [0.15, 0.2) is 0 Å². The van der Waals surface area contributed by atoms with E-state index < -0.39 is 41.2 Å². The summed E-state index contributed by atoms with van der Waals surface area (Å²) >= 11 is 0. The number of carbonyl (C=O) groups is 2. The summed E-state index contributed by atoms with van der Waals surface area (Å²) in [7, 11) is -9.10. The summed E-state index contributed by atoms with van der Waals surface area (Å²) in [6, 6.07) is 15.6. The van der Waals surface area contributed by atoms with Crippen LogP contribution in [0.2, 0.25) is 0 Å². The number of hydrogen-bond donors (Lipinski definition) is 4. The molecular weight excluding hydrogens is 504 g/mol. The molecule has 2 amide bonds. The van der Waals surface area contributed by atoms with E-state index in [1.807, 2.05) is 0 Å². The van der Waals surface area contributed by atoms with Crippen LogP contribution in [-0.2, 0) is 39.0 Å². The van der Waals surface area contributed by atoms with Crippen molar-refractivity contribution in [3.05, 3.63) is 95.1 Å². The number of nitrogens with two attached hydrogens (primary N) is 4. The van der Waals surface area contributed by atoms with Crippen LogP contribution in [0.1, 0.15) is 22.3 Å². The van der Waals surface area contributed by atoms with E-state index in [1.165, 1.54) is 48.5 Å². The van der Waals surface area contributed by atoms with E-state index >= 15 is 0 Å². The Balaban J connectivity index is 2.16. The van der Waals surface area contributed by atoms with E-state index in [1.54, 1.807) is 13.8 Å². The summed E-state index contributed by atoms with van der Waals surface area (Å²) in [6.45, 7) is 3.50. The van der Waals surface area contributed by atoms with Crippen molar-refractivity contribution in [3.63, 3.8) is 0 Å². The van der Waals surface area contributed by atoms with Crippen LogP contribution in [0.4, 0.5) is 0 Å². The van der Waals surface area contributed by atoms with Gasteiger partial charge < -0.3 is 22.9 Å². The van der Waals surface area contributed by atoms with Gasteiger partial charge >= 0.3 is 0 Å². The summed E-state index contributed by atoms with van der Waals surface area (Å²) in [5, 5.41) is 0. The molecule has 0 spiro atoms. The second-order valence-corrected chi connectivity index (χ2v) is 12.7. The lowest BCUT2D eigenvalue weighted by atomic mass is 10.0. The van der Waals surface area contributed by atoms with Gasteiger partial charge in [0.2, 0.25) is 29.4 Å². The number of primary amides is 2. The molecule has 8 N–H and O–H groups in total. The van der Waals surface area contributed by atoms with Gasteiger partial charge in [-0.1, -0.05) is 59.7 Å². The van der Waals surface area contributed by atoms with E-state index in [0.717, 1.165) is 35.4 Å². The third-order valence-electron chi connectivity index (χ3n) is 5.99. The van der Waals surface area contributed by atoms with Crippen LogP contribution in [-0.4, -0.2) is 28.6 Å². The van der Waals surface area contributed by atoms with Gasteiger partial charge in [0.1, 0.15) is 0 Å². The summed E-state index contributed by atoms with van der Waals surface area (Å²) in [6.07, 6.45) is 0. The third kappa shape index (κ3) is 4.07. The number of aryl methyl sites for hydroxylation is 2. The maximum atomic E-state index is 13.3. The van der Waals surface area contributed by atoms with Crippen molar-refractivity contribution in [1.82, 2.24) is 0 Å². The highest BCUT2D eigenvalue weighted by Gasteiger charge is 2.51. The zero-order valence-corrected chi connectivity index (χ0v) is 21.1. The number of hydrogen-bond acceptors (Lipinski definition) is 8. The highest BCUT2D eigenvalue weighted by Crippen LogP contribution is 2.35. The standard InChI is InChI=1S/C24H26N4O6S2/c1-15-3-11-19(12-4-15)35(31,32)23(27,21(25)29)17-7-9-18(10-8-17)24(28,22(26)30)36(33,34)20-13-5-16(2)6-14-20/h3-14H,27-28H2,1-2H3,(H2,25,29)(H2,26,30). The number of carbonyl (C=O) groups excluding carboxylic acids is 2. The topological polar surface area (TPSA) is 206 Å². The van der Waals surface area contributed by atoms with Gasteiger partial charge in [-0.2, -0.15) is 0 Å². The summed E-state index contributed by atoms with van der Waals surface area (Å²) in [4.78, 5) is 18.9. The Morgan fingerprint density at radius 3 is 1.03 bits per heavy atom. The fourth-order valence-corrected chi connectivity index (χ4v) is 6.79. The first-order chi connectivity index (χ1) is 16.6. The SMILES string of the molecule is Cc1ccc(S(=O)(=O)C(N)(C(N)=O)c2ccc(C(N)(C(N)=O)S(=O)(=O)c3ccc(C)cc3)cc2)cc1. The van der Waals surface area contributed by atoms with Crippen LogP contribution in [0.15, 0.2) is 82.6 Å². The van der Waals surface area contributed by atoms with Crippen LogP contribution in [0.3, 0.4) is 0 Å². The number of amides is 2. The number of benzene rings is 3. The Morgan fingerprint density at radius 2 is 0.806 bits per heavy atom. The zero-order valence-electron chi connectivity index (χ0n) is 19.5. The maximum Gasteiger partial charge on any atom is 0.258 e. The van der Waals surface area contributed by atoms with Gasteiger partial charge in [0, 0.05) is 0 Å². The predicted octanol–water partition coefficient (Wildman–Crippen LogP) is 0.445. The van der Waals surface area contributed by atoms with Crippen molar-refractivity contribution in [3.8, 4) is 0 Å². The fraction of sp³-hybridized carbons (Fsp3) is 0.167. The molecule has 3 rings (SSSR count). The van der Waals surface area contributed by atoms with Gasteiger partial charge in [-0.25, -0.2) is 16.8 Å². The summed E-state index contributed by atoms with van der Waals surface area (Å²) in [5.74, 6) is -2.73. The van der Waals surface area contributed by atoms with Crippen molar-refractivity contribution in [2.75, 3.05) is 0 Å². The lowest BCUT2D eigenvalue weighted by Gasteiger charge is -2.29. The molecule has 0 bridgehead atoms. The predicted molar refractivity (Wildman–Crippen MR) is 133 cm³/mol. The van der Waals surface area contributed by atoms with Crippen molar-refractivity contribution in [2.24, 2.45) is 22.9 Å². The third-order valence-corrected chi connectivity index (χ3v) is 10.3. The second kappa shape index (κ2) is 9.13. The molecule has 0 aliphatic heterocycles. The van der Waals surface area contributed by atoms with Crippen LogP contribution in [0.5, 0.6) is 0 Å². The minimum absolute atomic E-state index is 0.245. The molecule has 0 aromatic heterocycles. The van der Waals surface area contributed by atoms with Gasteiger partial charge in [-0.15, -0.1) is 0 Å². The maximum absolute atomic E-state index is 13.3. The largest absolute Gasteiger partial charge is 0.367 e. The van der Waals surface area contributed by atoms with Gasteiger partial charge in [-0.05, 0) is 49.2 Å². The van der Waals surface area contributed by atoms with Crippen molar-refractivity contribution in [1.29, 1.82) is 0 Å². The molecule has 0 aliphatic carbocycles. The number of rotatable bonds is 8. The molecule has 10 nitrogen and oxygen atoms in total. The Morgan fingerprint density at radius 1 is 0.556 bits per heavy atom. The van der Waals surface area contributed by atoms with Crippen LogP contribution in [0, 0.1) is 13.8 Å². The summed E-state index contributed by atoms with van der Waals surface area (Å²) < 4.78 is 53.4. The van der Waals surface area contributed by atoms with Gasteiger partial charge in [0.05, 0.1) is 9.79 Å². The van der Waals surface area contributed by atoms with E-state index in [-0.39, 0.29) is 20.9 Å². The van der Waals surface area contributed by atoms with Crippen molar-refractivity contribution in [2.45, 2.75) is 33.4 Å². The summed E-state index contributed by atoms with van der Waals surface area (Å²) in [5.41, 5.74) is 24.2. The molecule has 3 aromatic rings. The highest BCUT2D eigenvalue weighted by molar-refractivity contribution is 7.93. The molecule has 2 atom stereocenters. The second-order valence-electron chi connectivity index (χ2n) is 8.41. The minimum atomic E-state index is -4.55. The van der Waals surface area contributed by atoms with E-state index in [0.29, 0.717) is 0 Å². The van der Waals surface area contributed by atoms with Crippen molar-refractivity contribution >= 4 is 31.5 Å². The van der Waals surface area contributed by atoms with Gasteiger partial charge in [0.25, 0.3) is 11.8 Å². The first kappa shape index (κ1) is 27.0. The van der Waals surface area contributed by atoms with Crippen LogP contribution >= 0.6 is 0 Å². The van der Waals surface area contributed by atoms with E-state index in [9.17, 15) is 26.4 Å². The molecule has 2 unspecified atom stereocenters. The average Bonchev–Trinajstić information content (AvgIpc) is 2.83. The molecule has 0 saturated carbocycles. The van der Waals surface area contributed by atoms with Crippen molar-refractivity contribution < 1.29 is 26.4 Å². The van der Waals surface area contributed by atoms with E-state index in [4.69, 9.17) is 22.9 Å². The normalized spacial score (nSPS) is 15.4. The molecule has 190 valence electrons. The number of sulfone groups is 2. The Labute approximate surface area is 209 Å². The molecule has 0 heterocycles. The monoisotopic (exact) mass is 530 g/mol. The first-order valence-electron chi connectivity index (χ1n) is 10.5. The van der Waals surface area contributed by atoms with Gasteiger partial charge in [-0.3, -0.25) is 9.59 Å².